The lowest BCUT2D eigenvalue weighted by Gasteiger charge is -2.31. The Morgan fingerprint density at radius 2 is 1.33 bits per heavy atom. The molecule has 0 aromatic carbocycles. The summed E-state index contributed by atoms with van der Waals surface area (Å²) >= 11 is 0. The van der Waals surface area contributed by atoms with Crippen molar-refractivity contribution in [2.45, 2.75) is 6.92 Å². The van der Waals surface area contributed by atoms with Crippen molar-refractivity contribution in [1.29, 1.82) is 0 Å². The van der Waals surface area contributed by atoms with Gasteiger partial charge in [0.05, 0.1) is 0 Å². The summed E-state index contributed by atoms with van der Waals surface area (Å²) < 4.78 is 0.944. The molecule has 1 heteroatoms. The van der Waals surface area contributed by atoms with Gasteiger partial charge in [0.15, 0.2) is 0 Å². The minimum Gasteiger partial charge on any atom is -0.462 e. The highest BCUT2D eigenvalue weighted by atomic mass is 15.3. The van der Waals surface area contributed by atoms with E-state index >= 15 is 0 Å². The van der Waals surface area contributed by atoms with Gasteiger partial charge in [0.1, 0.15) is 0 Å². The highest BCUT2D eigenvalue weighted by Crippen LogP contribution is 1.90. The average molecular weight is 87.2 g/mol. The van der Waals surface area contributed by atoms with E-state index in [0.717, 1.165) is 4.48 Å². The number of hydrogen-bond donors (Lipinski definition) is 0. The van der Waals surface area contributed by atoms with E-state index in [-0.39, 0.29) is 0 Å². The predicted octanol–water partition coefficient (Wildman–Crippen LogP) is 0.874. The molecule has 0 aliphatic heterocycles. The SMILES string of the molecule is C[CH-][N+](C)(C)C. The summed E-state index contributed by atoms with van der Waals surface area (Å²) in [5.41, 5.74) is 0. The van der Waals surface area contributed by atoms with Gasteiger partial charge in [-0.25, -0.2) is 0 Å². The smallest absolute Gasteiger partial charge is 0.0436 e. The van der Waals surface area contributed by atoms with Crippen LogP contribution in [0.5, 0.6) is 0 Å². The van der Waals surface area contributed by atoms with Gasteiger partial charge in [-0.15, -0.1) is 13.5 Å². The van der Waals surface area contributed by atoms with E-state index in [9.17, 15) is 0 Å². The van der Waals surface area contributed by atoms with Gasteiger partial charge in [0.2, 0.25) is 0 Å². The summed E-state index contributed by atoms with van der Waals surface area (Å²) in [6, 6.07) is 0. The largest absolute Gasteiger partial charge is 0.462 e. The van der Waals surface area contributed by atoms with Crippen LogP contribution in [0.1, 0.15) is 6.92 Å². The molecule has 0 saturated carbocycles. The van der Waals surface area contributed by atoms with E-state index < -0.39 is 0 Å². The van der Waals surface area contributed by atoms with Gasteiger partial charge >= 0.3 is 0 Å². The van der Waals surface area contributed by atoms with Crippen LogP contribution < -0.4 is 0 Å². The maximum atomic E-state index is 2.12. The molecule has 0 atom stereocenters. The molecule has 0 bridgehead atoms. The molecule has 6 heavy (non-hydrogen) atoms. The Hall–Kier alpha value is -0.0400. The Bertz CT molecular complexity index is 33.7. The molecule has 0 saturated heterocycles. The van der Waals surface area contributed by atoms with Gasteiger partial charge in [-0.2, -0.15) is 0 Å². The normalized spacial score (nSPS) is 12.0. The first-order valence-corrected chi connectivity index (χ1v) is 2.18. The molecule has 0 aliphatic carbocycles. The first kappa shape index (κ1) is 5.96. The number of quaternary nitrogens is 1. The Morgan fingerprint density at radius 3 is 1.33 bits per heavy atom. The monoisotopic (exact) mass is 87.1 g/mol. The van der Waals surface area contributed by atoms with Gasteiger partial charge in [-0.3, -0.25) is 0 Å². The molecule has 0 aliphatic rings. The van der Waals surface area contributed by atoms with Crippen LogP contribution >= 0.6 is 0 Å². The Kier molecular flexibility index (Phi) is 1.59. The zero-order valence-electron chi connectivity index (χ0n) is 5.02. The van der Waals surface area contributed by atoms with E-state index in [2.05, 4.69) is 34.6 Å². The summed E-state index contributed by atoms with van der Waals surface area (Å²) in [4.78, 5) is 0. The molecule has 0 amide bonds. The minimum atomic E-state index is 0.944. The molecule has 0 heterocycles. The number of rotatable bonds is 1. The van der Waals surface area contributed by atoms with Crippen LogP contribution in [0.2, 0.25) is 0 Å². The van der Waals surface area contributed by atoms with Crippen molar-refractivity contribution in [2.24, 2.45) is 0 Å². The number of nitrogens with zero attached hydrogens (tertiary/aromatic N) is 1. The first-order chi connectivity index (χ1) is 2.56. The van der Waals surface area contributed by atoms with Crippen LogP contribution in [0.3, 0.4) is 0 Å². The van der Waals surface area contributed by atoms with Crippen LogP contribution in [0.25, 0.3) is 0 Å². The maximum absolute atomic E-state index is 2.12. The fourth-order valence-electron chi connectivity index (χ4n) is 0. The van der Waals surface area contributed by atoms with Gasteiger partial charge < -0.3 is 4.48 Å². The van der Waals surface area contributed by atoms with Crippen LogP contribution in [0, 0.1) is 6.54 Å². The molecule has 0 fully saturated rings. The summed E-state index contributed by atoms with van der Waals surface area (Å²) in [5, 5.41) is 0. The highest BCUT2D eigenvalue weighted by molar-refractivity contribution is 4.29. The second-order valence-corrected chi connectivity index (χ2v) is 2.37. The van der Waals surface area contributed by atoms with Crippen molar-refractivity contribution in [3.05, 3.63) is 6.54 Å². The molecular weight excluding hydrogens is 74.1 g/mol. The third kappa shape index (κ3) is 3.96. The molecule has 0 spiro atoms. The summed E-state index contributed by atoms with van der Waals surface area (Å²) in [6.45, 7) is 4.18. The van der Waals surface area contributed by atoms with Gasteiger partial charge in [-0.05, 0) is 0 Å². The second kappa shape index (κ2) is 1.61. The van der Waals surface area contributed by atoms with Crippen LogP contribution in [-0.4, -0.2) is 25.6 Å². The molecule has 0 unspecified atom stereocenters. The lowest BCUT2D eigenvalue weighted by Crippen LogP contribution is -2.29. The zero-order valence-corrected chi connectivity index (χ0v) is 5.02. The van der Waals surface area contributed by atoms with Gasteiger partial charge in [-0.1, -0.05) is 0 Å². The van der Waals surface area contributed by atoms with Crippen molar-refractivity contribution >= 4 is 0 Å². The van der Waals surface area contributed by atoms with E-state index in [1.54, 1.807) is 0 Å². The molecule has 0 radical (unpaired) electrons. The maximum Gasteiger partial charge on any atom is 0.0436 e. The highest BCUT2D eigenvalue weighted by Gasteiger charge is 1.86. The lowest BCUT2D eigenvalue weighted by atomic mass is 10.6. The minimum absolute atomic E-state index is 0.944. The molecule has 38 valence electrons. The van der Waals surface area contributed by atoms with Crippen LogP contribution in [0.4, 0.5) is 0 Å². The Labute approximate surface area is 40.2 Å². The summed E-state index contributed by atoms with van der Waals surface area (Å²) in [6.07, 6.45) is 0. The standard InChI is InChI=1S/C5H13N/c1-5-6(2,3)4/h5H,1-4H3. The third-order valence-electron chi connectivity index (χ3n) is 0.775. The van der Waals surface area contributed by atoms with Gasteiger partial charge in [0, 0.05) is 21.1 Å². The van der Waals surface area contributed by atoms with Crippen molar-refractivity contribution in [3.63, 3.8) is 0 Å². The van der Waals surface area contributed by atoms with Crippen molar-refractivity contribution in [2.75, 3.05) is 21.1 Å². The molecule has 1 nitrogen and oxygen atoms in total. The lowest BCUT2D eigenvalue weighted by molar-refractivity contribution is -0.838. The predicted molar refractivity (Wildman–Crippen MR) is 28.0 cm³/mol. The molecule has 0 aromatic heterocycles. The third-order valence-corrected chi connectivity index (χ3v) is 0.775. The van der Waals surface area contributed by atoms with E-state index in [4.69, 9.17) is 0 Å². The van der Waals surface area contributed by atoms with E-state index in [1.165, 1.54) is 0 Å². The van der Waals surface area contributed by atoms with E-state index in [1.807, 2.05) is 0 Å². The zero-order chi connectivity index (χ0) is 5.21. The van der Waals surface area contributed by atoms with Crippen LogP contribution in [0.15, 0.2) is 0 Å². The van der Waals surface area contributed by atoms with Crippen LogP contribution in [-0.2, 0) is 0 Å². The number of hydrogen-bond acceptors (Lipinski definition) is 0. The Balaban J connectivity index is 3.17. The van der Waals surface area contributed by atoms with Crippen molar-refractivity contribution in [1.82, 2.24) is 0 Å². The Morgan fingerprint density at radius 1 is 1.17 bits per heavy atom. The summed E-state index contributed by atoms with van der Waals surface area (Å²) in [7, 11) is 6.38. The van der Waals surface area contributed by atoms with Crippen molar-refractivity contribution in [3.8, 4) is 0 Å². The molecule has 0 aromatic rings. The first-order valence-electron chi connectivity index (χ1n) is 2.18. The molecule has 0 N–H and O–H groups in total. The fraction of sp³-hybridized carbons (Fsp3) is 0.800. The summed E-state index contributed by atoms with van der Waals surface area (Å²) in [5.74, 6) is 0. The van der Waals surface area contributed by atoms with Gasteiger partial charge in [0.25, 0.3) is 0 Å². The second-order valence-electron chi connectivity index (χ2n) is 2.37. The fourth-order valence-corrected chi connectivity index (χ4v) is 0. The molecule has 0 rings (SSSR count). The molecular formula is C5H13N. The quantitative estimate of drug-likeness (QED) is 0.329. The average Bonchev–Trinajstić information content (AvgIpc) is 1.35. The van der Waals surface area contributed by atoms with E-state index in [0.29, 0.717) is 0 Å². The van der Waals surface area contributed by atoms with Crippen molar-refractivity contribution < 1.29 is 4.48 Å². The topological polar surface area (TPSA) is 0 Å².